The summed E-state index contributed by atoms with van der Waals surface area (Å²) in [4.78, 5) is 34.4. The number of carbonyl (C=O) groups excluding carboxylic acids is 1. The van der Waals surface area contributed by atoms with E-state index in [4.69, 9.17) is 29.1 Å². The van der Waals surface area contributed by atoms with Crippen LogP contribution in [0.1, 0.15) is 64.4 Å². The Morgan fingerprint density at radius 2 is 1.81 bits per heavy atom. The van der Waals surface area contributed by atoms with Gasteiger partial charge < -0.3 is 19.3 Å². The minimum absolute atomic E-state index is 0.00380. The molecule has 0 radical (unpaired) electrons. The summed E-state index contributed by atoms with van der Waals surface area (Å²) in [5.41, 5.74) is 0.787. The molecule has 1 aromatic carbocycles. The van der Waals surface area contributed by atoms with Gasteiger partial charge in [-0.3, -0.25) is 9.59 Å². The van der Waals surface area contributed by atoms with Crippen LogP contribution < -0.4 is 4.74 Å². The van der Waals surface area contributed by atoms with Crippen LogP contribution in [0.25, 0.3) is 5.57 Å². The molecule has 1 heterocycles. The van der Waals surface area contributed by atoms with Crippen LogP contribution in [0.5, 0.6) is 5.75 Å². The largest absolute Gasteiger partial charge is 0.484 e. The van der Waals surface area contributed by atoms with Crippen molar-refractivity contribution in [2.24, 2.45) is 23.7 Å². The molecule has 1 spiro atoms. The number of ether oxygens (including phenoxy) is 3. The SMILES string of the molecule is C=C(c1cccc(OC(C)(C)COC(=O)CCC(=O)O)c1)C1COC2(OO1)C1CC3CC(C1)CC2C3. The third-order valence-electron chi connectivity index (χ3n) is 8.14. The summed E-state index contributed by atoms with van der Waals surface area (Å²) in [6, 6.07) is 7.50. The first kappa shape index (κ1) is 25.2. The highest BCUT2D eigenvalue weighted by molar-refractivity contribution is 5.76. The van der Waals surface area contributed by atoms with Gasteiger partial charge in [0.05, 0.1) is 19.4 Å². The van der Waals surface area contributed by atoms with Crippen LogP contribution in [-0.4, -0.2) is 47.8 Å². The first-order chi connectivity index (χ1) is 17.1. The van der Waals surface area contributed by atoms with Crippen LogP contribution in [0.4, 0.5) is 0 Å². The summed E-state index contributed by atoms with van der Waals surface area (Å²) in [5.74, 6) is 0.862. The van der Waals surface area contributed by atoms with E-state index in [0.29, 0.717) is 24.2 Å². The van der Waals surface area contributed by atoms with E-state index < -0.39 is 29.4 Å². The molecule has 196 valence electrons. The maximum absolute atomic E-state index is 11.8. The van der Waals surface area contributed by atoms with E-state index >= 15 is 0 Å². The van der Waals surface area contributed by atoms with E-state index in [0.717, 1.165) is 23.0 Å². The normalized spacial score (nSPS) is 32.9. The predicted molar refractivity (Wildman–Crippen MR) is 130 cm³/mol. The molecular formula is C28H36O8. The summed E-state index contributed by atoms with van der Waals surface area (Å²) in [6.07, 6.45) is 5.22. The molecule has 1 aromatic rings. The Morgan fingerprint density at radius 1 is 1.11 bits per heavy atom. The zero-order chi connectivity index (χ0) is 25.5. The summed E-state index contributed by atoms with van der Waals surface area (Å²) in [7, 11) is 0. The molecule has 1 saturated heterocycles. The van der Waals surface area contributed by atoms with Crippen molar-refractivity contribution in [3.05, 3.63) is 36.4 Å². The van der Waals surface area contributed by atoms with Gasteiger partial charge in [-0.2, -0.15) is 4.89 Å². The Bertz CT molecular complexity index is 977. The molecule has 1 N–H and O–H groups in total. The molecule has 0 aromatic heterocycles. The lowest BCUT2D eigenvalue weighted by Crippen LogP contribution is -2.63. The van der Waals surface area contributed by atoms with Crippen LogP contribution in [0.15, 0.2) is 30.8 Å². The van der Waals surface area contributed by atoms with Crippen molar-refractivity contribution in [2.75, 3.05) is 13.2 Å². The number of carboxylic acids is 1. The van der Waals surface area contributed by atoms with Crippen molar-refractivity contribution in [1.82, 2.24) is 0 Å². The number of benzene rings is 1. The van der Waals surface area contributed by atoms with Gasteiger partial charge in [-0.15, -0.1) is 0 Å². The van der Waals surface area contributed by atoms with E-state index in [-0.39, 0.29) is 19.4 Å². The van der Waals surface area contributed by atoms with Crippen molar-refractivity contribution in [3.63, 3.8) is 0 Å². The Morgan fingerprint density at radius 3 is 2.42 bits per heavy atom. The maximum Gasteiger partial charge on any atom is 0.306 e. The van der Waals surface area contributed by atoms with Crippen LogP contribution in [0.2, 0.25) is 0 Å². The lowest BCUT2D eigenvalue weighted by atomic mass is 9.53. The molecule has 8 nitrogen and oxygen atoms in total. The number of carbonyl (C=O) groups is 2. The molecule has 1 atom stereocenters. The molecule has 0 amide bonds. The first-order valence-electron chi connectivity index (χ1n) is 13.0. The second kappa shape index (κ2) is 9.80. The molecule has 5 aliphatic rings. The number of hydrogen-bond donors (Lipinski definition) is 1. The quantitative estimate of drug-likeness (QED) is 0.383. The molecule has 8 heteroatoms. The Labute approximate surface area is 211 Å². The van der Waals surface area contributed by atoms with Gasteiger partial charge in [0.15, 0.2) is 0 Å². The third kappa shape index (κ3) is 5.17. The minimum atomic E-state index is -1.04. The molecule has 5 fully saturated rings. The maximum atomic E-state index is 11.8. The highest BCUT2D eigenvalue weighted by Crippen LogP contribution is 2.60. The van der Waals surface area contributed by atoms with Crippen molar-refractivity contribution in [3.8, 4) is 5.75 Å². The standard InChI is InChI=1S/C28H36O8/c1-17(24-15-33-28(36-35-24)21-10-18-9-19(12-21)13-22(28)11-18)20-5-4-6-23(14-20)34-27(2,3)16-32-26(31)8-7-25(29)30/h4-6,14,18-19,21-22,24H,1,7-13,15-16H2,2-3H3,(H,29,30). The molecular weight excluding hydrogens is 464 g/mol. The summed E-state index contributed by atoms with van der Waals surface area (Å²) >= 11 is 0. The van der Waals surface area contributed by atoms with Crippen molar-refractivity contribution in [2.45, 2.75) is 76.3 Å². The van der Waals surface area contributed by atoms with E-state index in [1.165, 1.54) is 32.1 Å². The predicted octanol–water partition coefficient (Wildman–Crippen LogP) is 4.76. The highest BCUT2D eigenvalue weighted by atomic mass is 17.2. The summed E-state index contributed by atoms with van der Waals surface area (Å²) in [6.45, 7) is 8.25. The lowest BCUT2D eigenvalue weighted by Gasteiger charge is -2.60. The second-order valence-electron chi connectivity index (χ2n) is 11.5. The van der Waals surface area contributed by atoms with Crippen LogP contribution in [-0.2, 0) is 28.8 Å². The zero-order valence-corrected chi connectivity index (χ0v) is 21.1. The molecule has 4 saturated carbocycles. The van der Waals surface area contributed by atoms with Crippen LogP contribution in [0, 0.1) is 23.7 Å². The Balaban J connectivity index is 1.16. The monoisotopic (exact) mass is 500 g/mol. The third-order valence-corrected chi connectivity index (χ3v) is 8.14. The molecule has 36 heavy (non-hydrogen) atoms. The Kier molecular flexibility index (Phi) is 6.87. The van der Waals surface area contributed by atoms with E-state index in [2.05, 4.69) is 6.58 Å². The number of carboxylic acid groups (broad SMARTS) is 1. The van der Waals surface area contributed by atoms with Gasteiger partial charge in [-0.05, 0) is 81.1 Å². The van der Waals surface area contributed by atoms with Crippen molar-refractivity contribution >= 4 is 17.5 Å². The van der Waals surface area contributed by atoms with Gasteiger partial charge in [0.1, 0.15) is 24.1 Å². The van der Waals surface area contributed by atoms with E-state index in [9.17, 15) is 9.59 Å². The molecule has 1 unspecified atom stereocenters. The molecule has 1 aliphatic heterocycles. The van der Waals surface area contributed by atoms with E-state index in [1.807, 2.05) is 24.3 Å². The number of esters is 1. The van der Waals surface area contributed by atoms with Gasteiger partial charge >= 0.3 is 11.9 Å². The number of hydrogen-bond acceptors (Lipinski definition) is 7. The summed E-state index contributed by atoms with van der Waals surface area (Å²) < 4.78 is 17.7. The first-order valence-corrected chi connectivity index (χ1v) is 13.0. The number of rotatable bonds is 9. The fourth-order valence-corrected chi connectivity index (χ4v) is 6.59. The van der Waals surface area contributed by atoms with Gasteiger partial charge in [0.2, 0.25) is 5.79 Å². The average Bonchev–Trinajstić information content (AvgIpc) is 2.84. The van der Waals surface area contributed by atoms with Crippen molar-refractivity contribution < 1.29 is 38.7 Å². The smallest absolute Gasteiger partial charge is 0.306 e. The fourth-order valence-electron chi connectivity index (χ4n) is 6.59. The van der Waals surface area contributed by atoms with Crippen LogP contribution >= 0.6 is 0 Å². The highest BCUT2D eigenvalue weighted by Gasteiger charge is 2.61. The molecule has 4 aliphatic carbocycles. The number of aliphatic carboxylic acids is 1. The van der Waals surface area contributed by atoms with E-state index in [1.54, 1.807) is 13.8 Å². The molecule has 4 bridgehead atoms. The average molecular weight is 501 g/mol. The fraction of sp³-hybridized carbons (Fsp3) is 0.643. The van der Waals surface area contributed by atoms with Crippen molar-refractivity contribution in [1.29, 1.82) is 0 Å². The Hall–Kier alpha value is -2.42. The van der Waals surface area contributed by atoms with Gasteiger partial charge in [-0.1, -0.05) is 18.7 Å². The summed E-state index contributed by atoms with van der Waals surface area (Å²) in [5, 5.41) is 8.70. The van der Waals surface area contributed by atoms with Crippen LogP contribution in [0.3, 0.4) is 0 Å². The minimum Gasteiger partial charge on any atom is -0.484 e. The topological polar surface area (TPSA) is 101 Å². The van der Waals surface area contributed by atoms with Gasteiger partial charge in [-0.25, -0.2) is 4.89 Å². The van der Waals surface area contributed by atoms with Gasteiger partial charge in [0, 0.05) is 11.8 Å². The lowest BCUT2D eigenvalue weighted by molar-refractivity contribution is -0.517. The zero-order valence-electron chi connectivity index (χ0n) is 21.1. The molecule has 6 rings (SSSR count). The van der Waals surface area contributed by atoms with Gasteiger partial charge in [0.25, 0.3) is 0 Å². The second-order valence-corrected chi connectivity index (χ2v) is 11.5.